The van der Waals surface area contributed by atoms with Crippen LogP contribution in [0.15, 0.2) is 47.6 Å². The fourth-order valence-corrected chi connectivity index (χ4v) is 3.23. The van der Waals surface area contributed by atoms with Crippen molar-refractivity contribution in [1.82, 2.24) is 14.8 Å². The van der Waals surface area contributed by atoms with E-state index in [1.165, 1.54) is 30.0 Å². The molecule has 0 aliphatic heterocycles. The number of aromatic hydroxyl groups is 2. The summed E-state index contributed by atoms with van der Waals surface area (Å²) >= 11 is 1.28. The third-order valence-electron chi connectivity index (χ3n) is 3.72. The van der Waals surface area contributed by atoms with Gasteiger partial charge in [-0.15, -0.1) is 10.2 Å². The number of aryl methyl sites for hydroxylation is 2. The third kappa shape index (κ3) is 3.66. The Kier molecular flexibility index (Phi) is 4.76. The van der Waals surface area contributed by atoms with E-state index in [4.69, 9.17) is 0 Å². The SMILES string of the molecule is Cc1ccc(-n2c(C)nnc2SCC(=O)c2ccc(O)c(O)c2)cc1. The molecular formula is C18H17N3O3S. The monoisotopic (exact) mass is 355 g/mol. The Labute approximate surface area is 149 Å². The standard InChI is InChI=1S/C18H17N3O3S/c1-11-3-6-14(7-4-11)21-12(2)19-20-18(21)25-10-17(24)13-5-8-15(22)16(23)9-13/h3-9,22-23H,10H2,1-2H3. The van der Waals surface area contributed by atoms with Gasteiger partial charge < -0.3 is 10.2 Å². The van der Waals surface area contributed by atoms with Crippen LogP contribution < -0.4 is 0 Å². The Bertz CT molecular complexity index is 920. The molecule has 6 nitrogen and oxygen atoms in total. The summed E-state index contributed by atoms with van der Waals surface area (Å²) in [5.41, 5.74) is 2.43. The molecule has 0 bridgehead atoms. The summed E-state index contributed by atoms with van der Waals surface area (Å²) in [5, 5.41) is 27.7. The lowest BCUT2D eigenvalue weighted by Gasteiger charge is -2.08. The molecule has 0 aliphatic carbocycles. The summed E-state index contributed by atoms with van der Waals surface area (Å²) in [4.78, 5) is 12.3. The average molecular weight is 355 g/mol. The number of phenolic OH excluding ortho intramolecular Hbond substituents is 2. The highest BCUT2D eigenvalue weighted by molar-refractivity contribution is 7.99. The fourth-order valence-electron chi connectivity index (χ4n) is 2.34. The number of thioether (sulfide) groups is 1. The van der Waals surface area contributed by atoms with Gasteiger partial charge in [0.15, 0.2) is 22.4 Å². The molecule has 0 spiro atoms. The highest BCUT2D eigenvalue weighted by atomic mass is 32.2. The van der Waals surface area contributed by atoms with E-state index in [1.54, 1.807) is 0 Å². The third-order valence-corrected chi connectivity index (χ3v) is 4.65. The van der Waals surface area contributed by atoms with E-state index >= 15 is 0 Å². The first-order valence-electron chi connectivity index (χ1n) is 7.63. The quantitative estimate of drug-likeness (QED) is 0.415. The van der Waals surface area contributed by atoms with Crippen LogP contribution in [-0.4, -0.2) is 36.5 Å². The number of ketones is 1. The molecule has 0 atom stereocenters. The van der Waals surface area contributed by atoms with Gasteiger partial charge in [-0.1, -0.05) is 29.5 Å². The molecule has 0 aliphatic rings. The summed E-state index contributed by atoms with van der Waals surface area (Å²) in [5.74, 6) is 0.153. The number of hydrogen-bond donors (Lipinski definition) is 2. The molecule has 2 N–H and O–H groups in total. The largest absolute Gasteiger partial charge is 0.504 e. The van der Waals surface area contributed by atoms with Crippen LogP contribution in [0.4, 0.5) is 0 Å². The molecule has 0 unspecified atom stereocenters. The minimum atomic E-state index is -0.311. The van der Waals surface area contributed by atoms with Crippen molar-refractivity contribution in [2.45, 2.75) is 19.0 Å². The zero-order chi connectivity index (χ0) is 18.0. The van der Waals surface area contributed by atoms with Crippen LogP contribution >= 0.6 is 11.8 Å². The maximum Gasteiger partial charge on any atom is 0.196 e. The molecule has 3 rings (SSSR count). The molecule has 128 valence electrons. The first-order valence-corrected chi connectivity index (χ1v) is 8.61. The Morgan fingerprint density at radius 2 is 1.76 bits per heavy atom. The maximum atomic E-state index is 12.3. The second-order valence-electron chi connectivity index (χ2n) is 5.62. The van der Waals surface area contributed by atoms with Crippen LogP contribution in [0.5, 0.6) is 11.5 Å². The molecule has 0 fully saturated rings. The summed E-state index contributed by atoms with van der Waals surface area (Å²) in [7, 11) is 0. The predicted molar refractivity (Wildman–Crippen MR) is 95.7 cm³/mol. The molecule has 0 saturated heterocycles. The molecule has 1 heterocycles. The van der Waals surface area contributed by atoms with Gasteiger partial charge in [-0.3, -0.25) is 9.36 Å². The Balaban J connectivity index is 1.79. The van der Waals surface area contributed by atoms with Crippen molar-refractivity contribution in [2.24, 2.45) is 0 Å². The van der Waals surface area contributed by atoms with Crippen LogP contribution in [0.25, 0.3) is 5.69 Å². The molecule has 1 aromatic heterocycles. The molecule has 3 aromatic rings. The van der Waals surface area contributed by atoms with Gasteiger partial charge in [-0.25, -0.2) is 0 Å². The summed E-state index contributed by atoms with van der Waals surface area (Å²) < 4.78 is 1.89. The van der Waals surface area contributed by atoms with Crippen molar-refractivity contribution in [2.75, 3.05) is 5.75 Å². The van der Waals surface area contributed by atoms with Crippen molar-refractivity contribution in [1.29, 1.82) is 0 Å². The topological polar surface area (TPSA) is 88.2 Å². The number of carbonyl (C=O) groups excluding carboxylic acids is 1. The van der Waals surface area contributed by atoms with Gasteiger partial charge >= 0.3 is 0 Å². The van der Waals surface area contributed by atoms with E-state index in [0.29, 0.717) is 10.7 Å². The van der Waals surface area contributed by atoms with Crippen LogP contribution in [0.1, 0.15) is 21.7 Å². The van der Waals surface area contributed by atoms with Crippen LogP contribution in [0, 0.1) is 13.8 Å². The lowest BCUT2D eigenvalue weighted by atomic mass is 10.1. The molecule has 0 saturated carbocycles. The summed E-state index contributed by atoms with van der Waals surface area (Å²) in [6.45, 7) is 3.88. The van der Waals surface area contributed by atoms with Crippen molar-refractivity contribution < 1.29 is 15.0 Å². The average Bonchev–Trinajstić information content (AvgIpc) is 2.96. The second-order valence-corrected chi connectivity index (χ2v) is 6.56. The first-order chi connectivity index (χ1) is 12.0. The number of aromatic nitrogens is 3. The van der Waals surface area contributed by atoms with Gasteiger partial charge in [0, 0.05) is 11.3 Å². The van der Waals surface area contributed by atoms with Crippen LogP contribution in [0.3, 0.4) is 0 Å². The zero-order valence-corrected chi connectivity index (χ0v) is 14.6. The van der Waals surface area contributed by atoms with Gasteiger partial charge in [-0.05, 0) is 44.2 Å². The highest BCUT2D eigenvalue weighted by Gasteiger charge is 2.15. The molecular weight excluding hydrogens is 338 g/mol. The first kappa shape index (κ1) is 17.0. The van der Waals surface area contributed by atoms with E-state index < -0.39 is 0 Å². The number of carbonyl (C=O) groups is 1. The Hall–Kier alpha value is -2.80. The van der Waals surface area contributed by atoms with Gasteiger partial charge in [0.1, 0.15) is 5.82 Å². The fraction of sp³-hybridized carbons (Fsp3) is 0.167. The van der Waals surface area contributed by atoms with E-state index in [0.717, 1.165) is 17.1 Å². The van der Waals surface area contributed by atoms with Crippen molar-refractivity contribution >= 4 is 17.5 Å². The molecule has 0 radical (unpaired) electrons. The minimum absolute atomic E-state index is 0.147. The maximum absolute atomic E-state index is 12.3. The number of phenols is 2. The Morgan fingerprint density at radius 1 is 1.04 bits per heavy atom. The number of nitrogens with zero attached hydrogens (tertiary/aromatic N) is 3. The van der Waals surface area contributed by atoms with Gasteiger partial charge in [0.05, 0.1) is 5.75 Å². The van der Waals surface area contributed by atoms with E-state index in [9.17, 15) is 15.0 Å². The van der Waals surface area contributed by atoms with E-state index in [-0.39, 0.29) is 23.0 Å². The van der Waals surface area contributed by atoms with Crippen LogP contribution in [-0.2, 0) is 0 Å². The number of Topliss-reactive ketones (excluding diaryl/α,β-unsaturated/α-hetero) is 1. The minimum Gasteiger partial charge on any atom is -0.504 e. The number of benzene rings is 2. The van der Waals surface area contributed by atoms with Crippen molar-refractivity contribution in [3.05, 3.63) is 59.4 Å². The van der Waals surface area contributed by atoms with E-state index in [2.05, 4.69) is 10.2 Å². The van der Waals surface area contributed by atoms with E-state index in [1.807, 2.05) is 42.7 Å². The van der Waals surface area contributed by atoms with Crippen LogP contribution in [0.2, 0.25) is 0 Å². The number of rotatable bonds is 5. The van der Waals surface area contributed by atoms with Gasteiger partial charge in [0.25, 0.3) is 0 Å². The Morgan fingerprint density at radius 3 is 2.44 bits per heavy atom. The summed E-state index contributed by atoms with van der Waals surface area (Å²) in [6, 6.07) is 12.0. The van der Waals surface area contributed by atoms with Gasteiger partial charge in [-0.2, -0.15) is 0 Å². The predicted octanol–water partition coefficient (Wildman–Crippen LogP) is 3.27. The molecule has 2 aromatic carbocycles. The lowest BCUT2D eigenvalue weighted by molar-refractivity contribution is 0.102. The second kappa shape index (κ2) is 6.98. The normalized spacial score (nSPS) is 10.8. The zero-order valence-electron chi connectivity index (χ0n) is 13.8. The number of hydrogen-bond acceptors (Lipinski definition) is 6. The summed E-state index contributed by atoms with van der Waals surface area (Å²) in [6.07, 6.45) is 0. The van der Waals surface area contributed by atoms with Gasteiger partial charge in [0.2, 0.25) is 0 Å². The lowest BCUT2D eigenvalue weighted by Crippen LogP contribution is -2.05. The van der Waals surface area contributed by atoms with Crippen molar-refractivity contribution in [3.63, 3.8) is 0 Å². The molecule has 0 amide bonds. The van der Waals surface area contributed by atoms with Crippen molar-refractivity contribution in [3.8, 4) is 17.2 Å². The molecule has 25 heavy (non-hydrogen) atoms. The molecule has 7 heteroatoms. The smallest absolute Gasteiger partial charge is 0.196 e. The highest BCUT2D eigenvalue weighted by Crippen LogP contribution is 2.27.